The van der Waals surface area contributed by atoms with Crippen LogP contribution >= 0.6 is 0 Å². The van der Waals surface area contributed by atoms with E-state index in [1.807, 2.05) is 0 Å². The molecule has 20 heavy (non-hydrogen) atoms. The number of piperazine rings is 1. The lowest BCUT2D eigenvalue weighted by Crippen LogP contribution is -2.68. The SMILES string of the molecule is CCC1C(=O)NC(C)(C)C(=O)N1CCCCC(F)(F)F. The fourth-order valence-corrected chi connectivity index (χ4v) is 2.36. The molecular formula is C13H21F3N2O2. The van der Waals surface area contributed by atoms with Crippen LogP contribution in [0.2, 0.25) is 0 Å². The zero-order chi connectivity index (χ0) is 15.6. The van der Waals surface area contributed by atoms with E-state index in [0.29, 0.717) is 6.42 Å². The largest absolute Gasteiger partial charge is 0.389 e. The summed E-state index contributed by atoms with van der Waals surface area (Å²) in [5.74, 6) is -0.483. The molecule has 2 amide bonds. The van der Waals surface area contributed by atoms with E-state index in [1.54, 1.807) is 20.8 Å². The Morgan fingerprint density at radius 1 is 1.25 bits per heavy atom. The first-order chi connectivity index (χ1) is 9.08. The van der Waals surface area contributed by atoms with Crippen molar-refractivity contribution in [1.29, 1.82) is 0 Å². The number of nitrogens with zero attached hydrogens (tertiary/aromatic N) is 1. The highest BCUT2D eigenvalue weighted by Gasteiger charge is 2.44. The predicted molar refractivity (Wildman–Crippen MR) is 67.9 cm³/mol. The van der Waals surface area contributed by atoms with E-state index < -0.39 is 24.2 Å². The van der Waals surface area contributed by atoms with Gasteiger partial charge in [-0.1, -0.05) is 6.92 Å². The number of nitrogens with one attached hydrogen (secondary N) is 1. The number of hydrogen-bond acceptors (Lipinski definition) is 2. The van der Waals surface area contributed by atoms with Crippen LogP contribution in [-0.4, -0.2) is 41.0 Å². The Balaban J connectivity index is 2.63. The van der Waals surface area contributed by atoms with Crippen molar-refractivity contribution in [3.8, 4) is 0 Å². The molecule has 1 atom stereocenters. The second kappa shape index (κ2) is 6.01. The van der Waals surface area contributed by atoms with Crippen LogP contribution in [0, 0.1) is 0 Å². The molecule has 4 nitrogen and oxygen atoms in total. The van der Waals surface area contributed by atoms with Crippen LogP contribution in [-0.2, 0) is 9.59 Å². The van der Waals surface area contributed by atoms with E-state index >= 15 is 0 Å². The molecule has 1 saturated heterocycles. The van der Waals surface area contributed by atoms with Crippen LogP contribution in [0.1, 0.15) is 46.5 Å². The van der Waals surface area contributed by atoms with E-state index in [0.717, 1.165) is 0 Å². The number of unbranched alkanes of at least 4 members (excludes halogenated alkanes) is 1. The molecule has 0 saturated carbocycles. The van der Waals surface area contributed by atoms with Gasteiger partial charge in [0.15, 0.2) is 0 Å². The third-order valence-corrected chi connectivity index (χ3v) is 3.41. The highest BCUT2D eigenvalue weighted by atomic mass is 19.4. The van der Waals surface area contributed by atoms with Crippen LogP contribution in [0.15, 0.2) is 0 Å². The summed E-state index contributed by atoms with van der Waals surface area (Å²) in [7, 11) is 0. The maximum atomic E-state index is 12.2. The smallest absolute Gasteiger partial charge is 0.340 e. The first kappa shape index (κ1) is 16.8. The van der Waals surface area contributed by atoms with Gasteiger partial charge in [-0.05, 0) is 33.1 Å². The summed E-state index contributed by atoms with van der Waals surface area (Å²) in [5, 5.41) is 2.64. The Bertz CT molecular complexity index is 380. The first-order valence-electron chi connectivity index (χ1n) is 6.78. The minimum Gasteiger partial charge on any atom is -0.340 e. The van der Waals surface area contributed by atoms with Crippen LogP contribution in [0.4, 0.5) is 13.2 Å². The quantitative estimate of drug-likeness (QED) is 0.791. The van der Waals surface area contributed by atoms with E-state index in [1.165, 1.54) is 4.90 Å². The van der Waals surface area contributed by atoms with Crippen molar-refractivity contribution in [3.05, 3.63) is 0 Å². The molecule has 1 aliphatic heterocycles. The van der Waals surface area contributed by atoms with Crippen LogP contribution in [0.25, 0.3) is 0 Å². The van der Waals surface area contributed by atoms with E-state index in [-0.39, 0.29) is 31.2 Å². The Morgan fingerprint density at radius 2 is 1.85 bits per heavy atom. The molecule has 116 valence electrons. The molecule has 7 heteroatoms. The molecule has 0 aromatic heterocycles. The summed E-state index contributed by atoms with van der Waals surface area (Å²) in [6, 6.07) is -0.582. The van der Waals surface area contributed by atoms with Gasteiger partial charge in [-0.15, -0.1) is 0 Å². The van der Waals surface area contributed by atoms with E-state index in [9.17, 15) is 22.8 Å². The normalized spacial score (nSPS) is 22.9. The van der Waals surface area contributed by atoms with Gasteiger partial charge in [-0.2, -0.15) is 13.2 Å². The van der Waals surface area contributed by atoms with Crippen LogP contribution in [0.3, 0.4) is 0 Å². The summed E-state index contributed by atoms with van der Waals surface area (Å²) >= 11 is 0. The van der Waals surface area contributed by atoms with E-state index in [2.05, 4.69) is 5.32 Å². The fraction of sp³-hybridized carbons (Fsp3) is 0.846. The van der Waals surface area contributed by atoms with Crippen LogP contribution in [0.5, 0.6) is 0 Å². The number of carbonyl (C=O) groups excluding carboxylic acids is 2. The summed E-state index contributed by atoms with van der Waals surface area (Å²) in [6.07, 6.45) is -4.38. The number of halogens is 3. The summed E-state index contributed by atoms with van der Waals surface area (Å²) < 4.78 is 36.2. The number of amides is 2. The molecule has 0 spiro atoms. The zero-order valence-electron chi connectivity index (χ0n) is 12.0. The number of hydrogen-bond donors (Lipinski definition) is 1. The average Bonchev–Trinajstić information content (AvgIpc) is 2.28. The maximum absolute atomic E-state index is 12.2. The van der Waals surface area contributed by atoms with Gasteiger partial charge in [0.25, 0.3) is 0 Å². The minimum absolute atomic E-state index is 0.0360. The lowest BCUT2D eigenvalue weighted by Gasteiger charge is -2.42. The Hall–Kier alpha value is -1.27. The Labute approximate surface area is 116 Å². The molecule has 1 fully saturated rings. The van der Waals surface area contributed by atoms with Crippen molar-refractivity contribution in [1.82, 2.24) is 10.2 Å². The maximum Gasteiger partial charge on any atom is 0.389 e. The summed E-state index contributed by atoms with van der Waals surface area (Å²) in [4.78, 5) is 25.6. The van der Waals surface area contributed by atoms with Gasteiger partial charge in [-0.3, -0.25) is 9.59 Å². The fourth-order valence-electron chi connectivity index (χ4n) is 2.36. The third kappa shape index (κ3) is 4.11. The molecule has 0 aromatic carbocycles. The Morgan fingerprint density at radius 3 is 2.35 bits per heavy atom. The number of rotatable bonds is 5. The van der Waals surface area contributed by atoms with Gasteiger partial charge in [-0.25, -0.2) is 0 Å². The van der Waals surface area contributed by atoms with Crippen molar-refractivity contribution < 1.29 is 22.8 Å². The van der Waals surface area contributed by atoms with Gasteiger partial charge in [0, 0.05) is 13.0 Å². The molecule has 1 N–H and O–H groups in total. The standard InChI is InChI=1S/C13H21F3N2O2/c1-4-9-10(19)17-12(2,3)11(20)18(9)8-6-5-7-13(14,15)16/h9H,4-8H2,1-3H3,(H,17,19). The zero-order valence-corrected chi connectivity index (χ0v) is 12.0. The lowest BCUT2D eigenvalue weighted by atomic mass is 9.95. The molecule has 1 rings (SSSR count). The van der Waals surface area contributed by atoms with Gasteiger partial charge >= 0.3 is 6.18 Å². The van der Waals surface area contributed by atoms with Crippen molar-refractivity contribution in [3.63, 3.8) is 0 Å². The minimum atomic E-state index is -4.17. The van der Waals surface area contributed by atoms with E-state index in [4.69, 9.17) is 0 Å². The molecule has 1 aliphatic rings. The second-order valence-corrected chi connectivity index (χ2v) is 5.61. The van der Waals surface area contributed by atoms with Gasteiger partial charge in [0.05, 0.1) is 0 Å². The monoisotopic (exact) mass is 294 g/mol. The van der Waals surface area contributed by atoms with Crippen molar-refractivity contribution in [2.75, 3.05) is 6.54 Å². The molecule has 1 unspecified atom stereocenters. The Kier molecular flexibility index (Phi) is 5.05. The van der Waals surface area contributed by atoms with Gasteiger partial charge in [0.1, 0.15) is 11.6 Å². The van der Waals surface area contributed by atoms with Crippen molar-refractivity contribution in [2.45, 2.75) is 64.2 Å². The average molecular weight is 294 g/mol. The third-order valence-electron chi connectivity index (χ3n) is 3.41. The topological polar surface area (TPSA) is 49.4 Å². The highest BCUT2D eigenvalue weighted by molar-refractivity contribution is 5.99. The lowest BCUT2D eigenvalue weighted by molar-refractivity contribution is -0.154. The molecule has 1 heterocycles. The summed E-state index contributed by atoms with van der Waals surface area (Å²) in [6.45, 7) is 5.16. The van der Waals surface area contributed by atoms with Gasteiger partial charge in [0.2, 0.25) is 11.8 Å². The highest BCUT2D eigenvalue weighted by Crippen LogP contribution is 2.24. The number of alkyl halides is 3. The number of carbonyl (C=O) groups is 2. The van der Waals surface area contributed by atoms with Crippen molar-refractivity contribution in [2.24, 2.45) is 0 Å². The molecule has 0 aliphatic carbocycles. The predicted octanol–water partition coefficient (Wildman–Crippen LogP) is 2.23. The second-order valence-electron chi connectivity index (χ2n) is 5.61. The molecule has 0 bridgehead atoms. The first-order valence-corrected chi connectivity index (χ1v) is 6.78. The molecule has 0 radical (unpaired) electrons. The van der Waals surface area contributed by atoms with Crippen LogP contribution < -0.4 is 5.32 Å². The molecular weight excluding hydrogens is 273 g/mol. The molecule has 0 aromatic rings. The summed E-state index contributed by atoms with van der Waals surface area (Å²) in [5.41, 5.74) is -0.993. The van der Waals surface area contributed by atoms with Gasteiger partial charge < -0.3 is 10.2 Å². The van der Waals surface area contributed by atoms with Crippen molar-refractivity contribution >= 4 is 11.8 Å².